The van der Waals surface area contributed by atoms with Crippen molar-refractivity contribution in [2.24, 2.45) is 0 Å². The molecule has 0 aromatic heterocycles. The van der Waals surface area contributed by atoms with E-state index in [1.807, 2.05) is 32.9 Å². The maximum absolute atomic E-state index is 12.2. The molecule has 30 heavy (non-hydrogen) atoms. The van der Waals surface area contributed by atoms with Crippen LogP contribution in [0.4, 0.5) is 0 Å². The lowest BCUT2D eigenvalue weighted by Gasteiger charge is -2.16. The molecule has 1 amide bonds. The van der Waals surface area contributed by atoms with Gasteiger partial charge in [-0.2, -0.15) is 0 Å². The second kappa shape index (κ2) is 10.3. The van der Waals surface area contributed by atoms with Crippen LogP contribution < -0.4 is 10.1 Å². The maximum atomic E-state index is 12.2. The Morgan fingerprint density at radius 1 is 1.13 bits per heavy atom. The lowest BCUT2D eigenvalue weighted by molar-refractivity contribution is -0.124. The summed E-state index contributed by atoms with van der Waals surface area (Å²) in [4.78, 5) is 24.4. The van der Waals surface area contributed by atoms with Gasteiger partial charge in [-0.05, 0) is 74.6 Å². The fourth-order valence-electron chi connectivity index (χ4n) is 3.27. The van der Waals surface area contributed by atoms with Crippen molar-refractivity contribution < 1.29 is 23.8 Å². The second-order valence-electron chi connectivity index (χ2n) is 7.68. The minimum atomic E-state index is -0.547. The van der Waals surface area contributed by atoms with E-state index < -0.39 is 5.97 Å². The molecule has 0 aliphatic carbocycles. The number of amides is 1. The van der Waals surface area contributed by atoms with E-state index in [0.717, 1.165) is 25.0 Å². The van der Waals surface area contributed by atoms with Crippen molar-refractivity contribution in [3.63, 3.8) is 0 Å². The summed E-state index contributed by atoms with van der Waals surface area (Å²) in [6.45, 7) is 6.95. The molecule has 2 aromatic carbocycles. The molecule has 160 valence electrons. The Labute approximate surface area is 177 Å². The van der Waals surface area contributed by atoms with Gasteiger partial charge in [-0.1, -0.05) is 18.2 Å². The summed E-state index contributed by atoms with van der Waals surface area (Å²) >= 11 is 0. The first-order valence-corrected chi connectivity index (χ1v) is 10.3. The highest BCUT2D eigenvalue weighted by Crippen LogP contribution is 2.18. The summed E-state index contributed by atoms with van der Waals surface area (Å²) in [7, 11) is 0. The second-order valence-corrected chi connectivity index (χ2v) is 7.68. The molecule has 2 aromatic rings. The third-order valence-corrected chi connectivity index (χ3v) is 5.29. The fraction of sp³-hybridized carbons (Fsp3) is 0.417. The molecule has 0 saturated carbocycles. The van der Waals surface area contributed by atoms with Crippen molar-refractivity contribution in [2.45, 2.75) is 45.8 Å². The van der Waals surface area contributed by atoms with Gasteiger partial charge in [0, 0.05) is 6.61 Å². The van der Waals surface area contributed by atoms with Crippen molar-refractivity contribution in [3.05, 3.63) is 64.7 Å². The van der Waals surface area contributed by atoms with E-state index in [1.165, 1.54) is 11.1 Å². The van der Waals surface area contributed by atoms with Gasteiger partial charge < -0.3 is 19.5 Å². The predicted molar refractivity (Wildman–Crippen MR) is 114 cm³/mol. The van der Waals surface area contributed by atoms with E-state index in [0.29, 0.717) is 17.9 Å². The van der Waals surface area contributed by atoms with Crippen molar-refractivity contribution >= 4 is 11.9 Å². The monoisotopic (exact) mass is 411 g/mol. The largest absolute Gasteiger partial charge is 0.491 e. The molecule has 6 heteroatoms. The molecule has 1 saturated heterocycles. The molecule has 0 unspecified atom stereocenters. The number of rotatable bonds is 8. The van der Waals surface area contributed by atoms with Crippen LogP contribution in [0.5, 0.6) is 5.75 Å². The highest BCUT2D eigenvalue weighted by molar-refractivity contribution is 5.91. The lowest BCUT2D eigenvalue weighted by Crippen LogP contribution is -2.31. The van der Waals surface area contributed by atoms with Crippen LogP contribution in [0.1, 0.15) is 52.9 Å². The molecule has 1 N–H and O–H groups in total. The number of carbonyl (C=O) groups excluding carboxylic acids is 2. The smallest absolute Gasteiger partial charge is 0.338 e. The highest BCUT2D eigenvalue weighted by Gasteiger charge is 2.17. The SMILES string of the molecule is Cc1ccc([C@@H](C)NC(=O)COC(=O)c2ccc(OC[C@@H]3CCCO3)cc2)cc1C. The highest BCUT2D eigenvalue weighted by atomic mass is 16.5. The summed E-state index contributed by atoms with van der Waals surface area (Å²) < 4.78 is 16.3. The van der Waals surface area contributed by atoms with Gasteiger partial charge in [-0.15, -0.1) is 0 Å². The van der Waals surface area contributed by atoms with Gasteiger partial charge in [0.15, 0.2) is 6.61 Å². The first kappa shape index (κ1) is 21.8. The van der Waals surface area contributed by atoms with Crippen LogP contribution in [0, 0.1) is 13.8 Å². The number of benzene rings is 2. The third-order valence-electron chi connectivity index (χ3n) is 5.29. The van der Waals surface area contributed by atoms with Crippen molar-refractivity contribution in [2.75, 3.05) is 19.8 Å². The number of aryl methyl sites for hydroxylation is 2. The summed E-state index contributed by atoms with van der Waals surface area (Å²) in [5, 5.41) is 2.85. The quantitative estimate of drug-likeness (QED) is 0.667. The molecule has 1 fully saturated rings. The predicted octanol–water partition coefficient (Wildman–Crippen LogP) is 3.90. The molecular formula is C24H29NO5. The normalized spacial score (nSPS) is 16.7. The van der Waals surface area contributed by atoms with Crippen molar-refractivity contribution in [1.82, 2.24) is 5.32 Å². The van der Waals surface area contributed by atoms with Crippen LogP contribution in [-0.2, 0) is 14.3 Å². The minimum absolute atomic E-state index is 0.138. The molecule has 1 aliphatic rings. The Balaban J connectivity index is 1.43. The zero-order valence-corrected chi connectivity index (χ0v) is 17.8. The molecule has 0 spiro atoms. The summed E-state index contributed by atoms with van der Waals surface area (Å²) in [5.41, 5.74) is 3.75. The minimum Gasteiger partial charge on any atom is -0.491 e. The zero-order chi connectivity index (χ0) is 21.5. The van der Waals surface area contributed by atoms with Crippen molar-refractivity contribution in [3.8, 4) is 5.75 Å². The van der Waals surface area contributed by atoms with Crippen LogP contribution in [0.2, 0.25) is 0 Å². The first-order valence-electron chi connectivity index (χ1n) is 10.3. The Hall–Kier alpha value is -2.86. The van der Waals surface area contributed by atoms with Crippen molar-refractivity contribution in [1.29, 1.82) is 0 Å². The average molecular weight is 411 g/mol. The molecule has 0 bridgehead atoms. The summed E-state index contributed by atoms with van der Waals surface area (Å²) in [5.74, 6) is -0.220. The van der Waals surface area contributed by atoms with E-state index in [-0.39, 0.29) is 24.7 Å². The van der Waals surface area contributed by atoms with Gasteiger partial charge in [-0.3, -0.25) is 4.79 Å². The first-order chi connectivity index (χ1) is 14.4. The topological polar surface area (TPSA) is 73.9 Å². The van der Waals surface area contributed by atoms with E-state index in [1.54, 1.807) is 24.3 Å². The number of nitrogens with one attached hydrogen (secondary N) is 1. The Bertz CT molecular complexity index is 872. The summed E-state index contributed by atoms with van der Waals surface area (Å²) in [6, 6.07) is 12.6. The average Bonchev–Trinajstić information content (AvgIpc) is 3.26. The van der Waals surface area contributed by atoms with E-state index in [2.05, 4.69) is 11.4 Å². The Morgan fingerprint density at radius 3 is 2.57 bits per heavy atom. The summed E-state index contributed by atoms with van der Waals surface area (Å²) in [6.07, 6.45) is 2.21. The van der Waals surface area contributed by atoms with Crippen LogP contribution >= 0.6 is 0 Å². The van der Waals surface area contributed by atoms with E-state index in [9.17, 15) is 9.59 Å². The molecule has 0 radical (unpaired) electrons. The van der Waals surface area contributed by atoms with Gasteiger partial charge in [-0.25, -0.2) is 4.79 Å². The third kappa shape index (κ3) is 6.07. The standard InChI is InChI=1S/C24H29NO5/c1-16-6-7-20(13-17(16)2)18(3)25-23(26)15-30-24(27)19-8-10-21(11-9-19)29-14-22-5-4-12-28-22/h6-11,13,18,22H,4-5,12,14-15H2,1-3H3,(H,25,26)/t18-,22+/m1/s1. The zero-order valence-electron chi connectivity index (χ0n) is 17.8. The molecule has 2 atom stereocenters. The lowest BCUT2D eigenvalue weighted by atomic mass is 10.0. The van der Waals surface area contributed by atoms with Crippen LogP contribution in [0.25, 0.3) is 0 Å². The number of ether oxygens (including phenoxy) is 3. The van der Waals surface area contributed by atoms with E-state index >= 15 is 0 Å². The van der Waals surface area contributed by atoms with Gasteiger partial charge in [0.25, 0.3) is 5.91 Å². The van der Waals surface area contributed by atoms with Gasteiger partial charge in [0.1, 0.15) is 12.4 Å². The van der Waals surface area contributed by atoms with Crippen LogP contribution in [0.15, 0.2) is 42.5 Å². The van der Waals surface area contributed by atoms with Crippen LogP contribution in [0.3, 0.4) is 0 Å². The van der Waals surface area contributed by atoms with Gasteiger partial charge >= 0.3 is 5.97 Å². The molecular weight excluding hydrogens is 382 g/mol. The molecule has 6 nitrogen and oxygen atoms in total. The maximum Gasteiger partial charge on any atom is 0.338 e. The van der Waals surface area contributed by atoms with Gasteiger partial charge in [0.2, 0.25) is 0 Å². The number of hydrogen-bond donors (Lipinski definition) is 1. The Kier molecular flexibility index (Phi) is 7.46. The van der Waals surface area contributed by atoms with Crippen LogP contribution in [-0.4, -0.2) is 37.8 Å². The number of carbonyl (C=O) groups is 2. The van der Waals surface area contributed by atoms with Gasteiger partial charge in [0.05, 0.1) is 17.7 Å². The fourth-order valence-corrected chi connectivity index (χ4v) is 3.27. The van der Waals surface area contributed by atoms with E-state index in [4.69, 9.17) is 14.2 Å². The Morgan fingerprint density at radius 2 is 1.90 bits per heavy atom. The molecule has 1 aliphatic heterocycles. The number of hydrogen-bond acceptors (Lipinski definition) is 5. The molecule has 3 rings (SSSR count). The molecule has 1 heterocycles. The number of esters is 1.